The van der Waals surface area contributed by atoms with Crippen molar-refractivity contribution < 1.29 is 23.1 Å². The van der Waals surface area contributed by atoms with Crippen molar-refractivity contribution in [2.45, 2.75) is 31.5 Å². The standard InChI is InChI=1S/C16H18F3N3O2/c1-3-11-5-4-6-12(9-11)21-13(23)10-15(24,16(17,18)19)14-20-7-8-22(14)2/h4-9,24H,3,10H2,1-2H3,(H,21,23)/t15-/m1/s1. The van der Waals surface area contributed by atoms with Crippen molar-refractivity contribution in [3.8, 4) is 0 Å². The summed E-state index contributed by atoms with van der Waals surface area (Å²) in [6.07, 6.45) is -3.10. The third-order valence-electron chi connectivity index (χ3n) is 3.70. The van der Waals surface area contributed by atoms with Crippen LogP contribution in [-0.4, -0.2) is 26.7 Å². The predicted molar refractivity (Wildman–Crippen MR) is 82.2 cm³/mol. The molecule has 0 radical (unpaired) electrons. The highest BCUT2D eigenvalue weighted by molar-refractivity contribution is 5.91. The lowest BCUT2D eigenvalue weighted by molar-refractivity contribution is -0.270. The molecule has 2 N–H and O–H groups in total. The Morgan fingerprint density at radius 1 is 1.38 bits per heavy atom. The molecule has 1 aromatic carbocycles. The number of hydrogen-bond donors (Lipinski definition) is 2. The van der Waals surface area contributed by atoms with Gasteiger partial charge in [0.15, 0.2) is 5.82 Å². The van der Waals surface area contributed by atoms with Gasteiger partial charge in [-0.25, -0.2) is 4.98 Å². The van der Waals surface area contributed by atoms with E-state index in [9.17, 15) is 23.1 Å². The highest BCUT2D eigenvalue weighted by Crippen LogP contribution is 2.40. The van der Waals surface area contributed by atoms with E-state index in [1.54, 1.807) is 18.2 Å². The van der Waals surface area contributed by atoms with E-state index >= 15 is 0 Å². The first-order valence-corrected chi connectivity index (χ1v) is 7.33. The molecular formula is C16H18F3N3O2. The minimum atomic E-state index is -5.05. The van der Waals surface area contributed by atoms with Gasteiger partial charge < -0.3 is 15.0 Å². The first-order chi connectivity index (χ1) is 11.2. The summed E-state index contributed by atoms with van der Waals surface area (Å²) in [6, 6.07) is 6.79. The largest absolute Gasteiger partial charge is 0.425 e. The van der Waals surface area contributed by atoms with Gasteiger partial charge in [0.05, 0.1) is 6.42 Å². The van der Waals surface area contributed by atoms with Crippen LogP contribution in [0.4, 0.5) is 18.9 Å². The number of benzene rings is 1. The molecule has 24 heavy (non-hydrogen) atoms. The number of rotatable bonds is 5. The molecule has 1 heterocycles. The summed E-state index contributed by atoms with van der Waals surface area (Å²) in [4.78, 5) is 15.6. The third-order valence-corrected chi connectivity index (χ3v) is 3.70. The van der Waals surface area contributed by atoms with Crippen molar-refractivity contribution in [1.29, 1.82) is 0 Å². The smallest absolute Gasteiger partial charge is 0.374 e. The van der Waals surface area contributed by atoms with Crippen LogP contribution in [0.5, 0.6) is 0 Å². The molecule has 8 heteroatoms. The Bertz CT molecular complexity index is 727. The molecule has 0 aliphatic rings. The first kappa shape index (κ1) is 18.0. The number of carbonyl (C=O) groups is 1. The number of nitrogens with zero attached hydrogens (tertiary/aromatic N) is 2. The lowest BCUT2D eigenvalue weighted by Gasteiger charge is -2.29. The van der Waals surface area contributed by atoms with Gasteiger partial charge in [0.25, 0.3) is 0 Å². The van der Waals surface area contributed by atoms with Crippen LogP contribution in [0.3, 0.4) is 0 Å². The molecular weight excluding hydrogens is 323 g/mol. The monoisotopic (exact) mass is 341 g/mol. The minimum absolute atomic E-state index is 0.378. The fraction of sp³-hybridized carbons (Fsp3) is 0.375. The summed E-state index contributed by atoms with van der Waals surface area (Å²) in [5.41, 5.74) is -2.05. The van der Waals surface area contributed by atoms with E-state index in [0.717, 1.165) is 22.7 Å². The first-order valence-electron chi connectivity index (χ1n) is 7.33. The van der Waals surface area contributed by atoms with E-state index in [0.29, 0.717) is 5.69 Å². The second-order valence-corrected chi connectivity index (χ2v) is 5.50. The molecule has 0 aliphatic carbocycles. The maximum absolute atomic E-state index is 13.4. The zero-order valence-electron chi connectivity index (χ0n) is 13.3. The average Bonchev–Trinajstić information content (AvgIpc) is 2.92. The number of amides is 1. The lowest BCUT2D eigenvalue weighted by Crippen LogP contribution is -2.46. The lowest BCUT2D eigenvalue weighted by atomic mass is 9.97. The summed E-state index contributed by atoms with van der Waals surface area (Å²) < 4.78 is 41.2. The van der Waals surface area contributed by atoms with E-state index in [4.69, 9.17) is 0 Å². The predicted octanol–water partition coefficient (Wildman–Crippen LogP) is 2.76. The van der Waals surface area contributed by atoms with Crippen LogP contribution < -0.4 is 5.32 Å². The molecule has 0 saturated carbocycles. The number of imidazole rings is 1. The molecule has 0 unspecified atom stereocenters. The van der Waals surface area contributed by atoms with Crippen LogP contribution in [0.25, 0.3) is 0 Å². The van der Waals surface area contributed by atoms with Gasteiger partial charge in [0.2, 0.25) is 11.5 Å². The van der Waals surface area contributed by atoms with Gasteiger partial charge in [-0.15, -0.1) is 0 Å². The molecule has 0 fully saturated rings. The molecule has 0 saturated heterocycles. The van der Waals surface area contributed by atoms with Gasteiger partial charge >= 0.3 is 6.18 Å². The van der Waals surface area contributed by atoms with Crippen molar-refractivity contribution in [1.82, 2.24) is 9.55 Å². The third kappa shape index (κ3) is 3.59. The summed E-state index contributed by atoms with van der Waals surface area (Å²) in [6.45, 7) is 1.92. The number of aliphatic hydroxyl groups is 1. The molecule has 5 nitrogen and oxygen atoms in total. The van der Waals surface area contributed by atoms with Crippen LogP contribution in [0.2, 0.25) is 0 Å². The quantitative estimate of drug-likeness (QED) is 0.879. The summed E-state index contributed by atoms with van der Waals surface area (Å²) in [5.74, 6) is -1.58. The van der Waals surface area contributed by atoms with Crippen LogP contribution in [-0.2, 0) is 23.9 Å². The highest BCUT2D eigenvalue weighted by atomic mass is 19.4. The minimum Gasteiger partial charge on any atom is -0.374 e. The Labute approximate surface area is 137 Å². The van der Waals surface area contributed by atoms with Crippen molar-refractivity contribution in [3.05, 3.63) is 48.0 Å². The second kappa shape index (κ2) is 6.64. The van der Waals surface area contributed by atoms with E-state index in [1.807, 2.05) is 13.0 Å². The summed E-state index contributed by atoms with van der Waals surface area (Å²) in [5, 5.41) is 12.6. The molecule has 1 amide bonds. The van der Waals surface area contributed by atoms with Crippen LogP contribution in [0.1, 0.15) is 24.7 Å². The van der Waals surface area contributed by atoms with Crippen LogP contribution in [0, 0.1) is 0 Å². The molecule has 0 aliphatic heterocycles. The zero-order chi connectivity index (χ0) is 18.0. The Morgan fingerprint density at radius 2 is 2.08 bits per heavy atom. The zero-order valence-corrected chi connectivity index (χ0v) is 13.3. The molecule has 0 bridgehead atoms. The average molecular weight is 341 g/mol. The van der Waals surface area contributed by atoms with Crippen molar-refractivity contribution >= 4 is 11.6 Å². The number of halogens is 3. The number of carbonyl (C=O) groups excluding carboxylic acids is 1. The number of hydrogen-bond acceptors (Lipinski definition) is 3. The molecule has 0 spiro atoms. The van der Waals surface area contributed by atoms with Gasteiger partial charge in [0.1, 0.15) is 0 Å². The van der Waals surface area contributed by atoms with Gasteiger partial charge in [-0.1, -0.05) is 19.1 Å². The normalized spacial score (nSPS) is 14.2. The van der Waals surface area contributed by atoms with Gasteiger partial charge in [-0.2, -0.15) is 13.2 Å². The number of alkyl halides is 3. The molecule has 1 atom stereocenters. The fourth-order valence-corrected chi connectivity index (χ4v) is 2.38. The van der Waals surface area contributed by atoms with Gasteiger partial charge in [0, 0.05) is 25.1 Å². The second-order valence-electron chi connectivity index (χ2n) is 5.50. The van der Waals surface area contributed by atoms with Gasteiger partial charge in [-0.05, 0) is 24.1 Å². The van der Waals surface area contributed by atoms with E-state index < -0.39 is 29.9 Å². The van der Waals surface area contributed by atoms with Crippen molar-refractivity contribution in [3.63, 3.8) is 0 Å². The highest BCUT2D eigenvalue weighted by Gasteiger charge is 2.58. The van der Waals surface area contributed by atoms with E-state index in [1.165, 1.54) is 13.2 Å². The maximum atomic E-state index is 13.4. The molecule has 2 aromatic rings. The number of nitrogens with one attached hydrogen (secondary N) is 1. The Kier molecular flexibility index (Phi) is 4.98. The molecule has 1 aromatic heterocycles. The Hall–Kier alpha value is -2.35. The number of aromatic nitrogens is 2. The maximum Gasteiger partial charge on any atom is 0.425 e. The Balaban J connectivity index is 2.24. The fourth-order valence-electron chi connectivity index (χ4n) is 2.38. The SMILES string of the molecule is CCc1cccc(NC(=O)C[C@@](O)(c2nccn2C)C(F)(F)F)c1. The van der Waals surface area contributed by atoms with Crippen LogP contribution in [0.15, 0.2) is 36.7 Å². The van der Waals surface area contributed by atoms with Crippen LogP contribution >= 0.6 is 0 Å². The summed E-state index contributed by atoms with van der Waals surface area (Å²) in [7, 11) is 1.32. The number of anilines is 1. The van der Waals surface area contributed by atoms with Crippen molar-refractivity contribution in [2.24, 2.45) is 7.05 Å². The molecule has 130 valence electrons. The van der Waals surface area contributed by atoms with E-state index in [2.05, 4.69) is 10.3 Å². The molecule has 2 rings (SSSR count). The van der Waals surface area contributed by atoms with Gasteiger partial charge in [-0.3, -0.25) is 4.79 Å². The Morgan fingerprint density at radius 3 is 2.62 bits per heavy atom. The van der Waals surface area contributed by atoms with E-state index in [-0.39, 0.29) is 0 Å². The topological polar surface area (TPSA) is 67.2 Å². The summed E-state index contributed by atoms with van der Waals surface area (Å²) >= 11 is 0. The number of aryl methyl sites for hydroxylation is 2. The van der Waals surface area contributed by atoms with Crippen molar-refractivity contribution in [2.75, 3.05) is 5.32 Å².